The number of hydrogen-bond acceptors (Lipinski definition) is 3. The van der Waals surface area contributed by atoms with Crippen molar-refractivity contribution in [1.82, 2.24) is 4.90 Å². The van der Waals surface area contributed by atoms with Gasteiger partial charge in [-0.3, -0.25) is 4.90 Å². The van der Waals surface area contributed by atoms with Crippen molar-refractivity contribution in [3.8, 4) is 0 Å². The van der Waals surface area contributed by atoms with Crippen molar-refractivity contribution in [3.63, 3.8) is 0 Å². The molecular weight excluding hydrogens is 378 g/mol. The van der Waals surface area contributed by atoms with Crippen molar-refractivity contribution in [2.75, 3.05) is 19.9 Å². The third-order valence-corrected chi connectivity index (χ3v) is 5.74. The summed E-state index contributed by atoms with van der Waals surface area (Å²) in [4.78, 5) is 2.40. The number of rotatable bonds is 6. The molecule has 1 saturated heterocycles. The highest BCUT2D eigenvalue weighted by Gasteiger charge is 2.38. The van der Waals surface area contributed by atoms with Gasteiger partial charge in [-0.1, -0.05) is 65.3 Å². The van der Waals surface area contributed by atoms with Gasteiger partial charge in [-0.2, -0.15) is 0 Å². The van der Waals surface area contributed by atoms with Crippen LogP contribution in [0.5, 0.6) is 0 Å². The molecule has 1 fully saturated rings. The van der Waals surface area contributed by atoms with Crippen LogP contribution in [-0.4, -0.2) is 29.9 Å². The number of aliphatic hydroxyl groups excluding tert-OH is 1. The van der Waals surface area contributed by atoms with E-state index in [2.05, 4.69) is 64.2 Å². The predicted molar refractivity (Wildman–Crippen MR) is 104 cm³/mol. The van der Waals surface area contributed by atoms with Crippen LogP contribution in [0.4, 0.5) is 0 Å². The molecule has 1 aliphatic heterocycles. The van der Waals surface area contributed by atoms with Crippen LogP contribution in [-0.2, 0) is 10.3 Å². The van der Waals surface area contributed by atoms with Gasteiger partial charge in [0.05, 0.1) is 5.60 Å². The predicted octanol–water partition coefficient (Wildman–Crippen LogP) is 4.86. The number of nitrogens with zero attached hydrogens (tertiary/aromatic N) is 1. The smallest absolute Gasteiger partial charge is 0.101 e. The van der Waals surface area contributed by atoms with E-state index < -0.39 is 0 Å². The van der Waals surface area contributed by atoms with Crippen molar-refractivity contribution < 1.29 is 9.84 Å². The van der Waals surface area contributed by atoms with Gasteiger partial charge >= 0.3 is 0 Å². The monoisotopic (exact) mass is 403 g/mol. The molecule has 0 radical (unpaired) electrons. The Balaban J connectivity index is 1.75. The van der Waals surface area contributed by atoms with Crippen LogP contribution >= 0.6 is 15.9 Å². The minimum Gasteiger partial charge on any atom is -0.396 e. The SMILES string of the molecule is CC[C@@H](c1ccc(Br)cc1)N1CC[C@](CCO)(c2ccccc2)OC1. The van der Waals surface area contributed by atoms with Crippen LogP contribution in [0.15, 0.2) is 59.1 Å². The molecule has 3 nitrogen and oxygen atoms in total. The van der Waals surface area contributed by atoms with Crippen molar-refractivity contribution in [2.24, 2.45) is 0 Å². The van der Waals surface area contributed by atoms with Gasteiger partial charge in [0.25, 0.3) is 0 Å². The van der Waals surface area contributed by atoms with Crippen molar-refractivity contribution in [3.05, 3.63) is 70.2 Å². The lowest BCUT2D eigenvalue weighted by Crippen LogP contribution is -2.46. The minimum absolute atomic E-state index is 0.138. The summed E-state index contributed by atoms with van der Waals surface area (Å²) in [5.41, 5.74) is 2.12. The first kappa shape index (κ1) is 18.6. The Bertz CT molecular complexity index is 651. The van der Waals surface area contributed by atoms with Gasteiger partial charge in [0, 0.05) is 30.1 Å². The Labute approximate surface area is 158 Å². The second kappa shape index (κ2) is 8.45. The molecule has 0 aromatic heterocycles. The molecule has 134 valence electrons. The highest BCUT2D eigenvalue weighted by molar-refractivity contribution is 9.10. The van der Waals surface area contributed by atoms with Crippen LogP contribution in [0, 0.1) is 0 Å². The Kier molecular flexibility index (Phi) is 6.29. The molecule has 1 heterocycles. The first-order chi connectivity index (χ1) is 12.2. The van der Waals surface area contributed by atoms with Gasteiger partial charge < -0.3 is 9.84 Å². The maximum Gasteiger partial charge on any atom is 0.101 e. The van der Waals surface area contributed by atoms with Crippen molar-refractivity contribution >= 4 is 15.9 Å². The lowest BCUT2D eigenvalue weighted by molar-refractivity contribution is -0.163. The summed E-state index contributed by atoms with van der Waals surface area (Å²) in [6.45, 7) is 3.91. The lowest BCUT2D eigenvalue weighted by Gasteiger charge is -2.44. The molecule has 2 atom stereocenters. The Morgan fingerprint density at radius 3 is 2.44 bits per heavy atom. The molecule has 0 unspecified atom stereocenters. The molecule has 4 heteroatoms. The van der Waals surface area contributed by atoms with Gasteiger partial charge in [-0.25, -0.2) is 0 Å². The van der Waals surface area contributed by atoms with Crippen LogP contribution < -0.4 is 0 Å². The zero-order valence-corrected chi connectivity index (χ0v) is 16.3. The molecule has 25 heavy (non-hydrogen) atoms. The number of benzene rings is 2. The molecule has 0 saturated carbocycles. The Morgan fingerprint density at radius 1 is 1.16 bits per heavy atom. The minimum atomic E-state index is -0.371. The van der Waals surface area contributed by atoms with E-state index in [0.717, 1.165) is 23.9 Å². The second-order valence-corrected chi connectivity index (χ2v) is 7.56. The number of hydrogen-bond donors (Lipinski definition) is 1. The molecule has 2 aromatic rings. The molecule has 0 amide bonds. The summed E-state index contributed by atoms with van der Waals surface area (Å²) in [5, 5.41) is 9.57. The topological polar surface area (TPSA) is 32.7 Å². The number of ether oxygens (including phenoxy) is 1. The second-order valence-electron chi connectivity index (χ2n) is 6.65. The zero-order chi connectivity index (χ0) is 17.7. The standard InChI is InChI=1S/C21H26BrNO2/c1-2-20(17-8-10-19(22)11-9-17)23-14-12-21(13-15-24,25-16-23)18-6-4-3-5-7-18/h3-11,20,24H,2,12-16H2,1H3/t20-,21-/m0/s1. The molecule has 0 spiro atoms. The Morgan fingerprint density at radius 2 is 1.88 bits per heavy atom. The fourth-order valence-corrected chi connectivity index (χ4v) is 4.06. The third kappa shape index (κ3) is 4.14. The average molecular weight is 404 g/mol. The van der Waals surface area contributed by atoms with E-state index in [1.54, 1.807) is 0 Å². The molecule has 1 aliphatic rings. The van der Waals surface area contributed by atoms with Gasteiger partial charge in [-0.05, 0) is 36.1 Å². The van der Waals surface area contributed by atoms with Crippen LogP contribution in [0.3, 0.4) is 0 Å². The fourth-order valence-electron chi connectivity index (χ4n) is 3.79. The summed E-state index contributed by atoms with van der Waals surface area (Å²) in [5.74, 6) is 0. The van der Waals surface area contributed by atoms with Gasteiger partial charge in [0.1, 0.15) is 6.73 Å². The fraction of sp³-hybridized carbons (Fsp3) is 0.429. The summed E-state index contributed by atoms with van der Waals surface area (Å²) in [6, 6.07) is 19.3. The van der Waals surface area contributed by atoms with Crippen molar-refractivity contribution in [2.45, 2.75) is 37.8 Å². The molecule has 0 aliphatic carbocycles. The van der Waals surface area contributed by atoms with Crippen LogP contribution in [0.1, 0.15) is 43.4 Å². The largest absolute Gasteiger partial charge is 0.396 e. The Hall–Kier alpha value is -1.20. The molecule has 1 N–H and O–H groups in total. The lowest BCUT2D eigenvalue weighted by atomic mass is 9.85. The average Bonchev–Trinajstić information content (AvgIpc) is 2.66. The van der Waals surface area contributed by atoms with E-state index in [9.17, 15) is 5.11 Å². The van der Waals surface area contributed by atoms with Gasteiger partial charge in [0.2, 0.25) is 0 Å². The van der Waals surface area contributed by atoms with E-state index in [1.165, 1.54) is 11.1 Å². The maximum atomic E-state index is 9.57. The zero-order valence-electron chi connectivity index (χ0n) is 14.7. The quantitative estimate of drug-likeness (QED) is 0.747. The normalized spacial score (nSPS) is 22.7. The van der Waals surface area contributed by atoms with E-state index >= 15 is 0 Å². The van der Waals surface area contributed by atoms with Crippen LogP contribution in [0.2, 0.25) is 0 Å². The van der Waals surface area contributed by atoms with Gasteiger partial charge in [-0.15, -0.1) is 0 Å². The molecule has 0 bridgehead atoms. The van der Waals surface area contributed by atoms with Crippen LogP contribution in [0.25, 0.3) is 0 Å². The number of halogens is 1. The van der Waals surface area contributed by atoms with E-state index in [4.69, 9.17) is 4.74 Å². The highest BCUT2D eigenvalue weighted by Crippen LogP contribution is 2.39. The summed E-state index contributed by atoms with van der Waals surface area (Å²) in [7, 11) is 0. The van der Waals surface area contributed by atoms with Crippen molar-refractivity contribution in [1.29, 1.82) is 0 Å². The maximum absolute atomic E-state index is 9.57. The third-order valence-electron chi connectivity index (χ3n) is 5.21. The van der Waals surface area contributed by atoms with E-state index in [0.29, 0.717) is 19.2 Å². The molecular formula is C21H26BrNO2. The van der Waals surface area contributed by atoms with Gasteiger partial charge in [0.15, 0.2) is 0 Å². The van der Waals surface area contributed by atoms with E-state index in [1.807, 2.05) is 18.2 Å². The first-order valence-corrected chi connectivity index (χ1v) is 9.77. The molecule has 2 aromatic carbocycles. The summed E-state index contributed by atoms with van der Waals surface area (Å²) < 4.78 is 7.49. The van der Waals surface area contributed by atoms with E-state index in [-0.39, 0.29) is 12.2 Å². The first-order valence-electron chi connectivity index (χ1n) is 8.98. The number of aliphatic hydroxyl groups is 1. The molecule has 3 rings (SSSR count). The highest BCUT2D eigenvalue weighted by atomic mass is 79.9. The summed E-state index contributed by atoms with van der Waals surface area (Å²) in [6.07, 6.45) is 2.58. The summed E-state index contributed by atoms with van der Waals surface area (Å²) >= 11 is 3.51.